The molecule has 0 spiro atoms. The number of H-pyrrole nitrogens is 1. The van der Waals surface area contributed by atoms with E-state index in [1.807, 2.05) is 42.5 Å². The van der Waals surface area contributed by atoms with Gasteiger partial charge >= 0.3 is 0 Å². The van der Waals surface area contributed by atoms with Crippen molar-refractivity contribution in [3.63, 3.8) is 0 Å². The predicted octanol–water partition coefficient (Wildman–Crippen LogP) is 5.12. The van der Waals surface area contributed by atoms with E-state index in [1.165, 1.54) is 10.9 Å². The first kappa shape index (κ1) is 20.2. The zero-order valence-electron chi connectivity index (χ0n) is 17.3. The highest BCUT2D eigenvalue weighted by molar-refractivity contribution is 6.31. The Kier molecular flexibility index (Phi) is 5.29. The molecule has 0 aliphatic rings. The molecule has 4 N–H and O–H groups in total. The molecule has 32 heavy (non-hydrogen) atoms. The van der Waals surface area contributed by atoms with Gasteiger partial charge in [0.1, 0.15) is 0 Å². The number of halogens is 1. The molecule has 7 heteroatoms. The van der Waals surface area contributed by atoms with E-state index >= 15 is 0 Å². The van der Waals surface area contributed by atoms with Gasteiger partial charge < -0.3 is 20.6 Å². The fourth-order valence-electron chi connectivity index (χ4n) is 4.03. The van der Waals surface area contributed by atoms with E-state index in [9.17, 15) is 4.79 Å². The van der Waals surface area contributed by atoms with Crippen LogP contribution in [0, 0.1) is 0 Å². The number of amides is 1. The van der Waals surface area contributed by atoms with Crippen LogP contribution in [0.2, 0.25) is 5.02 Å². The number of hydrogen-bond donors (Lipinski definition) is 3. The summed E-state index contributed by atoms with van der Waals surface area (Å²) in [7, 11) is 0. The van der Waals surface area contributed by atoms with Crippen molar-refractivity contribution in [1.82, 2.24) is 14.5 Å². The van der Waals surface area contributed by atoms with Crippen molar-refractivity contribution in [2.24, 2.45) is 5.73 Å². The average molecular weight is 444 g/mol. The number of aromatic amines is 1. The summed E-state index contributed by atoms with van der Waals surface area (Å²) in [6, 6.07) is 21.4. The standard InChI is InChI=1S/C25H22ClN5O/c26-20-7-3-1-5-18(20)15-29-25-30-22-13-16(24(27)32)9-10-23(22)31(25)12-11-17-14-28-21-8-4-2-6-19(17)21/h1-10,13-14,28H,11-12,15H2,(H2,27,32)(H,29,30). The number of aromatic nitrogens is 3. The molecule has 0 bridgehead atoms. The molecule has 5 aromatic rings. The van der Waals surface area contributed by atoms with Gasteiger partial charge in [0.15, 0.2) is 0 Å². The molecule has 0 atom stereocenters. The van der Waals surface area contributed by atoms with E-state index in [0.717, 1.165) is 41.0 Å². The number of para-hydroxylation sites is 1. The minimum Gasteiger partial charge on any atom is -0.366 e. The molecule has 0 unspecified atom stereocenters. The van der Waals surface area contributed by atoms with Gasteiger partial charge in [-0.3, -0.25) is 4.79 Å². The van der Waals surface area contributed by atoms with E-state index < -0.39 is 5.91 Å². The van der Waals surface area contributed by atoms with Crippen LogP contribution in [-0.4, -0.2) is 20.4 Å². The molecule has 6 nitrogen and oxygen atoms in total. The van der Waals surface area contributed by atoms with Crippen LogP contribution >= 0.6 is 11.6 Å². The Hall–Kier alpha value is -3.77. The molecule has 3 aromatic carbocycles. The number of carbonyl (C=O) groups excluding carboxylic acids is 1. The smallest absolute Gasteiger partial charge is 0.248 e. The monoisotopic (exact) mass is 443 g/mol. The highest BCUT2D eigenvalue weighted by Gasteiger charge is 2.14. The van der Waals surface area contributed by atoms with Crippen molar-refractivity contribution in [3.05, 3.63) is 94.6 Å². The number of nitrogens with two attached hydrogens (primary N) is 1. The van der Waals surface area contributed by atoms with Crippen molar-refractivity contribution < 1.29 is 4.79 Å². The Morgan fingerprint density at radius 3 is 2.72 bits per heavy atom. The Morgan fingerprint density at radius 1 is 1.06 bits per heavy atom. The molecule has 0 saturated carbocycles. The second-order valence-electron chi connectivity index (χ2n) is 7.71. The quantitative estimate of drug-likeness (QED) is 0.326. The van der Waals surface area contributed by atoms with E-state index in [-0.39, 0.29) is 0 Å². The highest BCUT2D eigenvalue weighted by Crippen LogP contribution is 2.25. The number of hydrogen-bond acceptors (Lipinski definition) is 3. The number of benzene rings is 3. The van der Waals surface area contributed by atoms with Gasteiger partial charge in [-0.25, -0.2) is 4.98 Å². The van der Waals surface area contributed by atoms with Gasteiger partial charge in [0, 0.05) is 40.8 Å². The van der Waals surface area contributed by atoms with Crippen LogP contribution in [0.25, 0.3) is 21.9 Å². The molecule has 0 saturated heterocycles. The van der Waals surface area contributed by atoms with Crippen molar-refractivity contribution >= 4 is 45.4 Å². The van der Waals surface area contributed by atoms with Gasteiger partial charge in [0.05, 0.1) is 11.0 Å². The summed E-state index contributed by atoms with van der Waals surface area (Å²) < 4.78 is 2.14. The van der Waals surface area contributed by atoms with E-state index in [0.29, 0.717) is 17.1 Å². The number of aryl methyl sites for hydroxylation is 2. The molecule has 2 heterocycles. The van der Waals surface area contributed by atoms with Crippen LogP contribution in [0.15, 0.2) is 72.9 Å². The number of nitrogens with zero attached hydrogens (tertiary/aromatic N) is 2. The van der Waals surface area contributed by atoms with Crippen LogP contribution in [-0.2, 0) is 19.5 Å². The maximum absolute atomic E-state index is 11.6. The normalized spacial score (nSPS) is 11.3. The van der Waals surface area contributed by atoms with E-state index in [2.05, 4.69) is 33.2 Å². The van der Waals surface area contributed by atoms with Crippen molar-refractivity contribution in [2.75, 3.05) is 5.32 Å². The van der Waals surface area contributed by atoms with E-state index in [4.69, 9.17) is 22.3 Å². The Morgan fingerprint density at radius 2 is 1.88 bits per heavy atom. The van der Waals surface area contributed by atoms with Crippen LogP contribution < -0.4 is 11.1 Å². The minimum atomic E-state index is -0.467. The van der Waals surface area contributed by atoms with Gasteiger partial charge in [-0.05, 0) is 47.9 Å². The first-order valence-electron chi connectivity index (χ1n) is 10.4. The highest BCUT2D eigenvalue weighted by atomic mass is 35.5. The number of rotatable bonds is 7. The van der Waals surface area contributed by atoms with Crippen molar-refractivity contribution in [2.45, 2.75) is 19.5 Å². The molecule has 5 rings (SSSR count). The number of imidazole rings is 1. The molecule has 160 valence electrons. The molecule has 0 aliphatic heterocycles. The second kappa shape index (κ2) is 8.40. The third-order valence-electron chi connectivity index (χ3n) is 5.71. The first-order chi connectivity index (χ1) is 15.6. The van der Waals surface area contributed by atoms with Crippen LogP contribution in [0.3, 0.4) is 0 Å². The first-order valence-corrected chi connectivity index (χ1v) is 10.8. The average Bonchev–Trinajstić information content (AvgIpc) is 3.37. The predicted molar refractivity (Wildman–Crippen MR) is 129 cm³/mol. The van der Waals surface area contributed by atoms with Crippen LogP contribution in [0.5, 0.6) is 0 Å². The molecular formula is C25H22ClN5O. The van der Waals surface area contributed by atoms with Gasteiger partial charge in [0.2, 0.25) is 11.9 Å². The summed E-state index contributed by atoms with van der Waals surface area (Å²) in [5.41, 5.74) is 10.9. The lowest BCUT2D eigenvalue weighted by molar-refractivity contribution is 0.100. The number of anilines is 1. The summed E-state index contributed by atoms with van der Waals surface area (Å²) in [5.74, 6) is 0.257. The maximum Gasteiger partial charge on any atom is 0.248 e. The number of carbonyl (C=O) groups is 1. The largest absolute Gasteiger partial charge is 0.366 e. The molecule has 0 radical (unpaired) electrons. The fourth-order valence-corrected chi connectivity index (χ4v) is 4.23. The minimum absolute atomic E-state index is 0.441. The SMILES string of the molecule is NC(=O)c1ccc2c(c1)nc(NCc1ccccc1Cl)n2CCc1c[nH]c2ccccc12. The van der Waals surface area contributed by atoms with Crippen LogP contribution in [0.4, 0.5) is 5.95 Å². The van der Waals surface area contributed by atoms with Gasteiger partial charge in [-0.2, -0.15) is 0 Å². The van der Waals surface area contributed by atoms with Gasteiger partial charge in [-0.15, -0.1) is 0 Å². The molecule has 0 fully saturated rings. The summed E-state index contributed by atoms with van der Waals surface area (Å²) in [6.07, 6.45) is 2.89. The summed E-state index contributed by atoms with van der Waals surface area (Å²) in [5, 5.41) is 5.35. The third kappa shape index (κ3) is 3.81. The fraction of sp³-hybridized carbons (Fsp3) is 0.120. The second-order valence-corrected chi connectivity index (χ2v) is 8.12. The zero-order chi connectivity index (χ0) is 22.1. The lowest BCUT2D eigenvalue weighted by Crippen LogP contribution is -2.11. The van der Waals surface area contributed by atoms with Gasteiger partial charge in [-0.1, -0.05) is 48.0 Å². The number of nitrogens with one attached hydrogen (secondary N) is 2. The number of fused-ring (bicyclic) bond motifs is 2. The van der Waals surface area contributed by atoms with Crippen molar-refractivity contribution in [3.8, 4) is 0 Å². The van der Waals surface area contributed by atoms with Crippen molar-refractivity contribution in [1.29, 1.82) is 0 Å². The Labute approximate surface area is 190 Å². The summed E-state index contributed by atoms with van der Waals surface area (Å²) in [4.78, 5) is 19.7. The summed E-state index contributed by atoms with van der Waals surface area (Å²) >= 11 is 6.33. The van der Waals surface area contributed by atoms with E-state index in [1.54, 1.807) is 12.1 Å². The molecule has 1 amide bonds. The van der Waals surface area contributed by atoms with Crippen LogP contribution in [0.1, 0.15) is 21.5 Å². The lowest BCUT2D eigenvalue weighted by atomic mass is 10.1. The summed E-state index contributed by atoms with van der Waals surface area (Å²) in [6.45, 7) is 1.26. The number of primary amides is 1. The van der Waals surface area contributed by atoms with Gasteiger partial charge in [0.25, 0.3) is 0 Å². The topological polar surface area (TPSA) is 88.7 Å². The third-order valence-corrected chi connectivity index (χ3v) is 6.08. The zero-order valence-corrected chi connectivity index (χ0v) is 18.1. The molecule has 2 aromatic heterocycles. The molecule has 0 aliphatic carbocycles. The maximum atomic E-state index is 11.6. The molecular weight excluding hydrogens is 422 g/mol. The Balaban J connectivity index is 1.48. The Bertz CT molecular complexity index is 1440. The lowest BCUT2D eigenvalue weighted by Gasteiger charge is -2.12.